The van der Waals surface area contributed by atoms with Crippen molar-refractivity contribution < 1.29 is 9.46 Å². The van der Waals surface area contributed by atoms with Gasteiger partial charge in [0.15, 0.2) is 0 Å². The van der Waals surface area contributed by atoms with Gasteiger partial charge in [-0.25, -0.2) is 0 Å². The molecule has 1 unspecified atom stereocenters. The zero-order valence-corrected chi connectivity index (χ0v) is 12.3. The monoisotopic (exact) mass is 270 g/mol. The Bertz CT molecular complexity index is 188. The second-order valence-electron chi connectivity index (χ2n) is 3.55. The first-order valence-corrected chi connectivity index (χ1v) is 10.6. The highest BCUT2D eigenvalue weighted by Gasteiger charge is 2.18. The molecule has 0 fully saturated rings. The average Bonchev–Trinajstić information content (AvgIpc) is 2.17. The summed E-state index contributed by atoms with van der Waals surface area (Å²) in [7, 11) is 0. The molecule has 0 saturated carbocycles. The van der Waals surface area contributed by atoms with E-state index in [9.17, 15) is 9.46 Å². The summed E-state index contributed by atoms with van der Waals surface area (Å²) < 4.78 is 11.6. The normalized spacial score (nSPS) is 15.1. The van der Waals surface area contributed by atoms with Gasteiger partial charge in [-0.05, 0) is 12.8 Å². The summed E-state index contributed by atoms with van der Waals surface area (Å²) in [5.41, 5.74) is 0. The van der Waals surface area contributed by atoms with Crippen LogP contribution in [0, 0.1) is 0 Å². The molecule has 0 amide bonds. The molecule has 0 spiro atoms. The van der Waals surface area contributed by atoms with Gasteiger partial charge in [-0.1, -0.05) is 62.3 Å². The average molecular weight is 270 g/mol. The fourth-order valence-electron chi connectivity index (χ4n) is 1.07. The van der Waals surface area contributed by atoms with Crippen molar-refractivity contribution in [2.24, 2.45) is 0 Å². The highest BCUT2D eigenvalue weighted by Crippen LogP contribution is 2.65. The van der Waals surface area contributed by atoms with E-state index in [0.717, 1.165) is 30.8 Å². The van der Waals surface area contributed by atoms with Crippen LogP contribution in [-0.4, -0.2) is 16.4 Å². The van der Waals surface area contributed by atoms with Crippen LogP contribution in [-0.2, 0) is 4.57 Å². The lowest BCUT2D eigenvalue weighted by molar-refractivity contribution is 0.514. The molecule has 0 aromatic rings. The lowest BCUT2D eigenvalue weighted by Crippen LogP contribution is -1.82. The molecule has 1 atom stereocenters. The minimum Gasteiger partial charge on any atom is -0.329 e. The third-order valence-corrected chi connectivity index (χ3v) is 8.55. The Morgan fingerprint density at radius 1 is 0.933 bits per heavy atom. The highest BCUT2D eigenvalue weighted by molar-refractivity contribution is 8.88. The van der Waals surface area contributed by atoms with E-state index < -0.39 is 5.77 Å². The van der Waals surface area contributed by atoms with Crippen LogP contribution >= 0.6 is 28.5 Å². The van der Waals surface area contributed by atoms with E-state index in [1.54, 1.807) is 0 Å². The van der Waals surface area contributed by atoms with E-state index >= 15 is 0 Å². The number of rotatable bonds is 10. The van der Waals surface area contributed by atoms with E-state index in [1.807, 2.05) is 0 Å². The molecule has 1 N–H and O–H groups in total. The maximum atomic E-state index is 11.6. The van der Waals surface area contributed by atoms with E-state index in [-0.39, 0.29) is 0 Å². The van der Waals surface area contributed by atoms with Crippen LogP contribution in [0.25, 0.3) is 0 Å². The van der Waals surface area contributed by atoms with Gasteiger partial charge in [-0.3, -0.25) is 4.57 Å². The molecule has 0 heterocycles. The van der Waals surface area contributed by atoms with Gasteiger partial charge in [0.25, 0.3) is 0 Å². The van der Waals surface area contributed by atoms with Crippen LogP contribution in [0.2, 0.25) is 0 Å². The van der Waals surface area contributed by atoms with Crippen molar-refractivity contribution in [3.63, 3.8) is 0 Å². The van der Waals surface area contributed by atoms with Gasteiger partial charge >= 0.3 is 5.77 Å². The predicted molar refractivity (Wildman–Crippen MR) is 73.8 cm³/mol. The summed E-state index contributed by atoms with van der Waals surface area (Å²) in [4.78, 5) is 9.58. The smallest absolute Gasteiger partial charge is 0.310 e. The second kappa shape index (κ2) is 10.1. The second-order valence-corrected chi connectivity index (χ2v) is 11.0. The highest BCUT2D eigenvalue weighted by atomic mass is 33.1. The van der Waals surface area contributed by atoms with Crippen molar-refractivity contribution in [3.8, 4) is 0 Å². The van der Waals surface area contributed by atoms with Crippen molar-refractivity contribution in [1.82, 2.24) is 0 Å². The molecule has 0 bridgehead atoms. The van der Waals surface area contributed by atoms with Gasteiger partial charge in [0.1, 0.15) is 0 Å². The van der Waals surface area contributed by atoms with Crippen LogP contribution < -0.4 is 0 Å². The standard InChI is InChI=1S/C10H23O2PS2/c1-3-5-7-8-10-15-13(11,12)14-9-6-4-2/h3-10H2,1-2H3,(H,11,12). The first-order chi connectivity index (χ1) is 7.12. The summed E-state index contributed by atoms with van der Waals surface area (Å²) in [5.74, 6) is -1.30. The molecule has 15 heavy (non-hydrogen) atoms. The molecule has 0 aliphatic carbocycles. The first-order valence-electron chi connectivity index (χ1n) is 5.74. The van der Waals surface area contributed by atoms with E-state index in [0.29, 0.717) is 0 Å². The lowest BCUT2D eigenvalue weighted by atomic mass is 10.2. The van der Waals surface area contributed by atoms with Crippen LogP contribution in [0.3, 0.4) is 0 Å². The summed E-state index contributed by atoms with van der Waals surface area (Å²) in [6.07, 6.45) is 6.83. The third-order valence-electron chi connectivity index (χ3n) is 2.00. The van der Waals surface area contributed by atoms with Gasteiger partial charge in [0.05, 0.1) is 0 Å². The topological polar surface area (TPSA) is 37.3 Å². The SMILES string of the molecule is CCCCCCSP(=O)(O)SCCCC. The number of hydrogen-bond donors (Lipinski definition) is 1. The van der Waals surface area contributed by atoms with Crippen molar-refractivity contribution in [2.75, 3.05) is 11.5 Å². The molecule has 0 rings (SSSR count). The number of unbranched alkanes of at least 4 members (excludes halogenated alkanes) is 4. The van der Waals surface area contributed by atoms with Crippen molar-refractivity contribution in [1.29, 1.82) is 0 Å². The molecule has 0 radical (unpaired) electrons. The Balaban J connectivity index is 3.43. The Morgan fingerprint density at radius 2 is 1.47 bits per heavy atom. The lowest BCUT2D eigenvalue weighted by Gasteiger charge is -2.09. The molecule has 92 valence electrons. The first kappa shape index (κ1) is 15.9. The zero-order valence-electron chi connectivity index (χ0n) is 9.78. The quantitative estimate of drug-likeness (QED) is 0.451. The summed E-state index contributed by atoms with van der Waals surface area (Å²) in [6, 6.07) is 0. The van der Waals surface area contributed by atoms with Gasteiger partial charge < -0.3 is 4.89 Å². The maximum Gasteiger partial charge on any atom is 0.310 e. The van der Waals surface area contributed by atoms with E-state index in [1.165, 1.54) is 42.0 Å². The van der Waals surface area contributed by atoms with Crippen LogP contribution in [0.5, 0.6) is 0 Å². The Hall–Kier alpha value is 0.890. The maximum absolute atomic E-state index is 11.6. The van der Waals surface area contributed by atoms with Gasteiger partial charge in [0.2, 0.25) is 0 Å². The Kier molecular flexibility index (Phi) is 10.7. The third kappa shape index (κ3) is 11.2. The Morgan fingerprint density at radius 3 is 2.00 bits per heavy atom. The van der Waals surface area contributed by atoms with Crippen LogP contribution in [0.4, 0.5) is 0 Å². The minimum absolute atomic E-state index is 0.812. The van der Waals surface area contributed by atoms with Crippen LogP contribution in [0.15, 0.2) is 0 Å². The molecule has 2 nitrogen and oxygen atoms in total. The van der Waals surface area contributed by atoms with Crippen molar-refractivity contribution in [3.05, 3.63) is 0 Å². The molecule has 0 saturated heterocycles. The number of hydrogen-bond acceptors (Lipinski definition) is 3. The predicted octanol–water partition coefficient (Wildman–Crippen LogP) is 4.93. The van der Waals surface area contributed by atoms with Crippen molar-refractivity contribution in [2.45, 2.75) is 52.4 Å². The fourth-order valence-corrected chi connectivity index (χ4v) is 6.75. The van der Waals surface area contributed by atoms with Gasteiger partial charge in [0, 0.05) is 11.5 Å². The van der Waals surface area contributed by atoms with Crippen molar-refractivity contribution >= 4 is 28.5 Å². The molecule has 0 aromatic heterocycles. The molecule has 0 aromatic carbocycles. The zero-order chi connectivity index (χ0) is 11.6. The molecule has 0 aliphatic rings. The fraction of sp³-hybridized carbons (Fsp3) is 1.00. The van der Waals surface area contributed by atoms with Crippen LogP contribution in [0.1, 0.15) is 52.4 Å². The largest absolute Gasteiger partial charge is 0.329 e. The van der Waals surface area contributed by atoms with Gasteiger partial charge in [-0.2, -0.15) is 0 Å². The summed E-state index contributed by atoms with van der Waals surface area (Å²) >= 11 is 2.49. The molecule has 0 aliphatic heterocycles. The van der Waals surface area contributed by atoms with Gasteiger partial charge in [-0.15, -0.1) is 0 Å². The minimum atomic E-state index is -2.94. The van der Waals surface area contributed by atoms with E-state index in [2.05, 4.69) is 13.8 Å². The molecule has 5 heteroatoms. The summed E-state index contributed by atoms with van der Waals surface area (Å²) in [5, 5.41) is 0. The molecular formula is C10H23O2PS2. The summed E-state index contributed by atoms with van der Waals surface area (Å²) in [6.45, 7) is 4.27. The molecular weight excluding hydrogens is 247 g/mol. The Labute approximate surface area is 102 Å². The van der Waals surface area contributed by atoms with E-state index in [4.69, 9.17) is 0 Å².